The molecule has 236 valence electrons. The minimum Gasteiger partial charge on any atom is -0.393 e. The van der Waals surface area contributed by atoms with E-state index in [1.54, 1.807) is 12.3 Å². The van der Waals surface area contributed by atoms with Crippen molar-refractivity contribution in [2.24, 2.45) is 52.3 Å². The SMILES string of the molecule is CC[C@@H]1C2C[C@H](O)CC[C@]2(C)C2CC[C@@]3(C)C(CC[C@@H]3[C@H](C)CCO[P@]3(=O)OCC[C@@H](c4ccnc(Cl)c4)O3)C2[C@@H]1O. The third-order valence-electron chi connectivity index (χ3n) is 13.0. The van der Waals surface area contributed by atoms with Crippen molar-refractivity contribution in [3.8, 4) is 0 Å². The lowest BCUT2D eigenvalue weighted by Gasteiger charge is -2.64. The van der Waals surface area contributed by atoms with Gasteiger partial charge in [-0.3, -0.25) is 13.6 Å². The molecule has 13 atom stereocenters. The molecule has 1 aromatic rings. The molecule has 0 spiro atoms. The average Bonchev–Trinajstić information content (AvgIpc) is 3.31. The average molecular weight is 624 g/mol. The number of halogens is 1. The molecule has 0 amide bonds. The second kappa shape index (κ2) is 12.0. The molecule has 4 aliphatic carbocycles. The first kappa shape index (κ1) is 31.5. The molecule has 0 aromatic carbocycles. The van der Waals surface area contributed by atoms with Gasteiger partial charge in [-0.15, -0.1) is 0 Å². The predicted octanol–water partition coefficient (Wildman–Crippen LogP) is 7.99. The number of aliphatic hydroxyl groups is 2. The van der Waals surface area contributed by atoms with E-state index in [-0.39, 0.29) is 29.0 Å². The van der Waals surface area contributed by atoms with Gasteiger partial charge in [0.1, 0.15) is 5.15 Å². The third kappa shape index (κ3) is 5.46. The van der Waals surface area contributed by atoms with Crippen molar-refractivity contribution in [2.45, 2.75) is 110 Å². The zero-order chi connectivity index (χ0) is 29.9. The van der Waals surface area contributed by atoms with E-state index < -0.39 is 13.9 Å². The highest BCUT2D eigenvalue weighted by atomic mass is 35.5. The number of pyridine rings is 1. The van der Waals surface area contributed by atoms with Crippen LogP contribution in [0.25, 0.3) is 0 Å². The first-order chi connectivity index (χ1) is 20.0. The van der Waals surface area contributed by atoms with E-state index in [1.807, 2.05) is 6.07 Å². The van der Waals surface area contributed by atoms with Crippen LogP contribution in [0.3, 0.4) is 0 Å². The summed E-state index contributed by atoms with van der Waals surface area (Å²) < 4.78 is 30.6. The molecule has 1 aliphatic heterocycles. The lowest BCUT2D eigenvalue weighted by Crippen LogP contribution is -2.62. The van der Waals surface area contributed by atoms with Crippen LogP contribution in [0.1, 0.15) is 104 Å². The van der Waals surface area contributed by atoms with Crippen LogP contribution in [-0.4, -0.2) is 40.6 Å². The number of hydrogen-bond donors (Lipinski definition) is 2. The summed E-state index contributed by atoms with van der Waals surface area (Å²) in [6.07, 6.45) is 10.7. The van der Waals surface area contributed by atoms with Gasteiger partial charge in [0.05, 0.1) is 31.5 Å². The Labute approximate surface area is 257 Å². The summed E-state index contributed by atoms with van der Waals surface area (Å²) in [5.41, 5.74) is 1.23. The summed E-state index contributed by atoms with van der Waals surface area (Å²) in [6.45, 7) is 10.2. The highest BCUT2D eigenvalue weighted by Crippen LogP contribution is 2.69. The Bertz CT molecular complexity index is 1170. The van der Waals surface area contributed by atoms with Gasteiger partial charge in [0.25, 0.3) is 0 Å². The standard InChI is InChI=1S/C33H51ClNO6P/c1-5-23-27-19-22(36)8-13-33(27,4)26-9-14-32(3)24(6-7-25(32)30(26)31(23)37)20(2)11-16-39-42(38)40-17-12-28(41-42)21-10-15-35-29(34)18-21/h10,15,18,20,22-28,30-31,36-37H,5-9,11-14,16-17,19H2,1-4H3/t20-,22-,23-,24-,25?,26?,27?,28+,30?,31-,32-,33-,42-/m1/s1. The van der Waals surface area contributed by atoms with Gasteiger partial charge in [-0.2, -0.15) is 0 Å². The van der Waals surface area contributed by atoms with Gasteiger partial charge < -0.3 is 10.2 Å². The molecule has 7 nitrogen and oxygen atoms in total. The number of fused-ring (bicyclic) bond motifs is 5. The largest absolute Gasteiger partial charge is 0.475 e. The first-order valence-electron chi connectivity index (χ1n) is 16.5. The van der Waals surface area contributed by atoms with Gasteiger partial charge in [-0.05, 0) is 121 Å². The van der Waals surface area contributed by atoms with E-state index in [0.717, 1.165) is 37.7 Å². The fraction of sp³-hybridized carbons (Fsp3) is 0.848. The Morgan fingerprint density at radius 3 is 2.64 bits per heavy atom. The summed E-state index contributed by atoms with van der Waals surface area (Å²) in [5.74, 6) is 3.04. The molecule has 1 aromatic heterocycles. The molecule has 2 N–H and O–H groups in total. The van der Waals surface area contributed by atoms with Crippen LogP contribution >= 0.6 is 19.4 Å². The second-order valence-electron chi connectivity index (χ2n) is 14.8. The fourth-order valence-electron chi connectivity index (χ4n) is 10.9. The predicted molar refractivity (Wildman–Crippen MR) is 163 cm³/mol. The van der Waals surface area contributed by atoms with Crippen LogP contribution in [-0.2, 0) is 18.1 Å². The first-order valence-corrected chi connectivity index (χ1v) is 18.4. The van der Waals surface area contributed by atoms with Crippen LogP contribution in [0.15, 0.2) is 18.3 Å². The molecule has 4 saturated carbocycles. The van der Waals surface area contributed by atoms with Crippen LogP contribution in [0.5, 0.6) is 0 Å². The van der Waals surface area contributed by atoms with Gasteiger partial charge in [0, 0.05) is 12.6 Å². The van der Waals surface area contributed by atoms with Crippen LogP contribution in [0.2, 0.25) is 5.15 Å². The molecule has 2 heterocycles. The van der Waals surface area contributed by atoms with Crippen molar-refractivity contribution in [2.75, 3.05) is 13.2 Å². The normalized spacial score (nSPS) is 47.7. The Hall–Kier alpha value is -0.530. The summed E-state index contributed by atoms with van der Waals surface area (Å²) in [7, 11) is -3.66. The minimum atomic E-state index is -3.66. The number of aromatic nitrogens is 1. The Morgan fingerprint density at radius 2 is 1.88 bits per heavy atom. The topological polar surface area (TPSA) is 98.1 Å². The number of phosphoric acid groups is 1. The summed E-state index contributed by atoms with van der Waals surface area (Å²) in [6, 6.07) is 3.56. The molecule has 9 heteroatoms. The maximum Gasteiger partial charge on any atom is 0.475 e. The van der Waals surface area contributed by atoms with E-state index >= 15 is 0 Å². The Kier molecular flexibility index (Phi) is 8.99. The Morgan fingerprint density at radius 1 is 1.12 bits per heavy atom. The van der Waals surface area contributed by atoms with Crippen molar-refractivity contribution in [3.63, 3.8) is 0 Å². The summed E-state index contributed by atoms with van der Waals surface area (Å²) in [5, 5.41) is 22.9. The fourth-order valence-corrected chi connectivity index (χ4v) is 12.5. The van der Waals surface area contributed by atoms with Crippen LogP contribution < -0.4 is 0 Å². The van der Waals surface area contributed by atoms with E-state index in [1.165, 1.54) is 25.7 Å². The quantitative estimate of drug-likeness (QED) is 0.235. The lowest BCUT2D eigenvalue weighted by molar-refractivity contribution is -0.203. The zero-order valence-electron chi connectivity index (χ0n) is 25.8. The maximum atomic E-state index is 13.4. The molecule has 42 heavy (non-hydrogen) atoms. The molecule has 5 fully saturated rings. The minimum absolute atomic E-state index is 0.186. The van der Waals surface area contributed by atoms with Gasteiger partial charge >= 0.3 is 7.82 Å². The smallest absolute Gasteiger partial charge is 0.393 e. The van der Waals surface area contributed by atoms with Crippen LogP contribution in [0.4, 0.5) is 0 Å². The van der Waals surface area contributed by atoms with Gasteiger partial charge in [-0.1, -0.05) is 45.7 Å². The molecule has 0 bridgehead atoms. The van der Waals surface area contributed by atoms with Crippen molar-refractivity contribution >= 4 is 19.4 Å². The van der Waals surface area contributed by atoms with Gasteiger partial charge in [0.15, 0.2) is 0 Å². The molecule has 6 rings (SSSR count). The molecule has 4 unspecified atom stereocenters. The third-order valence-corrected chi connectivity index (χ3v) is 14.7. The van der Waals surface area contributed by atoms with E-state index in [9.17, 15) is 14.8 Å². The monoisotopic (exact) mass is 623 g/mol. The van der Waals surface area contributed by atoms with E-state index in [2.05, 4.69) is 32.7 Å². The molecule has 0 radical (unpaired) electrons. The summed E-state index contributed by atoms with van der Waals surface area (Å²) >= 11 is 6.06. The molecule has 5 aliphatic rings. The van der Waals surface area contributed by atoms with Crippen molar-refractivity contribution < 1.29 is 28.3 Å². The highest BCUT2D eigenvalue weighted by molar-refractivity contribution is 7.48. The maximum absolute atomic E-state index is 13.4. The number of rotatable bonds is 7. The number of phosphoric ester groups is 1. The van der Waals surface area contributed by atoms with E-state index in [4.69, 9.17) is 25.2 Å². The highest BCUT2D eigenvalue weighted by Gasteiger charge is 2.64. The van der Waals surface area contributed by atoms with Crippen molar-refractivity contribution in [1.29, 1.82) is 0 Å². The molecular formula is C33H51ClNO6P. The zero-order valence-corrected chi connectivity index (χ0v) is 27.4. The summed E-state index contributed by atoms with van der Waals surface area (Å²) in [4.78, 5) is 4.03. The number of nitrogens with zero attached hydrogens (tertiary/aromatic N) is 1. The second-order valence-corrected chi connectivity index (χ2v) is 16.8. The van der Waals surface area contributed by atoms with E-state index in [0.29, 0.717) is 60.3 Å². The van der Waals surface area contributed by atoms with Crippen molar-refractivity contribution in [3.05, 3.63) is 29.0 Å². The van der Waals surface area contributed by atoms with Gasteiger partial charge in [-0.25, -0.2) is 9.55 Å². The number of aliphatic hydroxyl groups excluding tert-OH is 2. The lowest BCUT2D eigenvalue weighted by atomic mass is 9.41. The van der Waals surface area contributed by atoms with Gasteiger partial charge in [0.2, 0.25) is 0 Å². The number of hydrogen-bond acceptors (Lipinski definition) is 7. The Balaban J connectivity index is 1.10. The van der Waals surface area contributed by atoms with Crippen LogP contribution in [0, 0.1) is 52.3 Å². The van der Waals surface area contributed by atoms with Crippen molar-refractivity contribution in [1.82, 2.24) is 4.98 Å². The molecular weight excluding hydrogens is 573 g/mol. The molecule has 1 saturated heterocycles.